The van der Waals surface area contributed by atoms with Crippen LogP contribution in [0, 0.1) is 12.7 Å². The molecular formula is C17H19FN4O3. The fraction of sp³-hybridized carbons (Fsp3) is 0.353. The Morgan fingerprint density at radius 1 is 1.48 bits per heavy atom. The number of hydrogen-bond acceptors (Lipinski definition) is 5. The van der Waals surface area contributed by atoms with Crippen molar-refractivity contribution < 1.29 is 18.5 Å². The molecule has 1 aromatic carbocycles. The van der Waals surface area contributed by atoms with Gasteiger partial charge in [0.1, 0.15) is 11.6 Å². The summed E-state index contributed by atoms with van der Waals surface area (Å²) in [6.07, 6.45) is 0.528. The predicted molar refractivity (Wildman–Crippen MR) is 89.7 cm³/mol. The van der Waals surface area contributed by atoms with Crippen molar-refractivity contribution in [2.75, 3.05) is 30.4 Å². The highest BCUT2D eigenvalue weighted by atomic mass is 19.1. The second-order valence-corrected chi connectivity index (χ2v) is 6.03. The first-order valence-corrected chi connectivity index (χ1v) is 7.95. The number of halogens is 1. The van der Waals surface area contributed by atoms with E-state index in [1.54, 1.807) is 43.1 Å². The molecule has 0 spiro atoms. The number of likely N-dealkylation sites (N-methyl/N-ethyl adjacent to an activating group) is 1. The zero-order valence-electron chi connectivity index (χ0n) is 14.0. The van der Waals surface area contributed by atoms with Crippen LogP contribution in [-0.4, -0.2) is 48.0 Å². The molecule has 0 saturated carbocycles. The molecule has 0 radical (unpaired) electrons. The van der Waals surface area contributed by atoms with E-state index in [-0.39, 0.29) is 24.0 Å². The molecule has 8 heteroatoms. The second kappa shape index (κ2) is 7.02. The number of nitrogens with one attached hydrogen (secondary N) is 1. The number of carbonyl (C=O) groups is 2. The van der Waals surface area contributed by atoms with Gasteiger partial charge in [-0.1, -0.05) is 17.3 Å². The van der Waals surface area contributed by atoms with Gasteiger partial charge in [-0.15, -0.1) is 0 Å². The number of anilines is 2. The highest BCUT2D eigenvalue weighted by Crippen LogP contribution is 2.26. The van der Waals surface area contributed by atoms with Crippen LogP contribution in [0.1, 0.15) is 12.2 Å². The summed E-state index contributed by atoms with van der Waals surface area (Å²) in [6, 6.07) is 7.32. The smallest absolute Gasteiger partial charge is 0.244 e. The van der Waals surface area contributed by atoms with Crippen molar-refractivity contribution in [3.63, 3.8) is 0 Å². The molecule has 1 aliphatic heterocycles. The fourth-order valence-electron chi connectivity index (χ4n) is 2.93. The number of rotatable bonds is 5. The van der Waals surface area contributed by atoms with E-state index in [1.807, 2.05) is 0 Å². The number of aryl methyl sites for hydroxylation is 1. The van der Waals surface area contributed by atoms with Gasteiger partial charge in [-0.3, -0.25) is 14.5 Å². The van der Waals surface area contributed by atoms with Crippen LogP contribution in [0.5, 0.6) is 0 Å². The summed E-state index contributed by atoms with van der Waals surface area (Å²) >= 11 is 0. The zero-order valence-corrected chi connectivity index (χ0v) is 14.0. The van der Waals surface area contributed by atoms with Gasteiger partial charge in [0.15, 0.2) is 5.82 Å². The van der Waals surface area contributed by atoms with Crippen LogP contribution in [0.15, 0.2) is 34.9 Å². The van der Waals surface area contributed by atoms with E-state index in [0.29, 0.717) is 24.5 Å². The summed E-state index contributed by atoms with van der Waals surface area (Å²) in [5, 5.41) is 6.31. The van der Waals surface area contributed by atoms with Crippen molar-refractivity contribution >= 4 is 23.3 Å². The van der Waals surface area contributed by atoms with Gasteiger partial charge in [0, 0.05) is 12.6 Å². The lowest BCUT2D eigenvalue weighted by Gasteiger charge is -2.23. The molecule has 1 aliphatic rings. The molecule has 1 atom stereocenters. The minimum atomic E-state index is -0.468. The maximum atomic E-state index is 13.9. The average molecular weight is 346 g/mol. The predicted octanol–water partition coefficient (Wildman–Crippen LogP) is 1.80. The zero-order chi connectivity index (χ0) is 18.0. The third-order valence-corrected chi connectivity index (χ3v) is 4.14. The normalized spacial score (nSPS) is 17.4. The summed E-state index contributed by atoms with van der Waals surface area (Å²) < 4.78 is 18.8. The summed E-state index contributed by atoms with van der Waals surface area (Å²) in [6.45, 7) is 2.16. The lowest BCUT2D eigenvalue weighted by Crippen LogP contribution is -2.43. The van der Waals surface area contributed by atoms with E-state index in [0.717, 1.165) is 0 Å². The lowest BCUT2D eigenvalue weighted by atomic mass is 10.2. The molecule has 0 bridgehead atoms. The Morgan fingerprint density at radius 2 is 2.24 bits per heavy atom. The third-order valence-electron chi connectivity index (χ3n) is 4.14. The van der Waals surface area contributed by atoms with Crippen molar-refractivity contribution in [1.82, 2.24) is 10.1 Å². The number of carbonyl (C=O) groups excluding carboxylic acids is 2. The minimum Gasteiger partial charge on any atom is -0.360 e. The molecule has 0 aliphatic carbocycles. The van der Waals surface area contributed by atoms with Crippen LogP contribution in [0.2, 0.25) is 0 Å². The second-order valence-electron chi connectivity index (χ2n) is 6.03. The average Bonchev–Trinajstić information content (AvgIpc) is 3.13. The van der Waals surface area contributed by atoms with E-state index >= 15 is 0 Å². The van der Waals surface area contributed by atoms with E-state index in [9.17, 15) is 14.0 Å². The fourth-order valence-corrected chi connectivity index (χ4v) is 2.93. The molecular weight excluding hydrogens is 327 g/mol. The topological polar surface area (TPSA) is 78.7 Å². The molecule has 0 unspecified atom stereocenters. The highest BCUT2D eigenvalue weighted by Gasteiger charge is 2.36. The molecule has 1 fully saturated rings. The molecule has 3 rings (SSSR count). The van der Waals surface area contributed by atoms with Crippen LogP contribution in [0.3, 0.4) is 0 Å². The quantitative estimate of drug-likeness (QED) is 0.893. The first-order valence-electron chi connectivity index (χ1n) is 7.95. The van der Waals surface area contributed by atoms with Crippen LogP contribution in [0.4, 0.5) is 15.9 Å². The largest absolute Gasteiger partial charge is 0.360 e. The molecule has 1 aromatic heterocycles. The van der Waals surface area contributed by atoms with Crippen molar-refractivity contribution in [3.05, 3.63) is 41.9 Å². The number of benzene rings is 1. The van der Waals surface area contributed by atoms with Crippen molar-refractivity contribution in [2.45, 2.75) is 19.4 Å². The number of para-hydroxylation sites is 1. The molecule has 1 saturated heterocycles. The Bertz CT molecular complexity index is 792. The Hall–Kier alpha value is -2.74. The monoisotopic (exact) mass is 346 g/mol. The summed E-state index contributed by atoms with van der Waals surface area (Å²) in [4.78, 5) is 27.8. The number of nitrogens with zero attached hydrogens (tertiary/aromatic N) is 3. The molecule has 25 heavy (non-hydrogen) atoms. The first kappa shape index (κ1) is 17.1. The van der Waals surface area contributed by atoms with Gasteiger partial charge in [-0.2, -0.15) is 0 Å². The highest BCUT2D eigenvalue weighted by molar-refractivity contribution is 6.00. The van der Waals surface area contributed by atoms with Crippen LogP contribution in [-0.2, 0) is 9.59 Å². The summed E-state index contributed by atoms with van der Waals surface area (Å²) in [5.74, 6) is -0.0132. The SMILES string of the molecule is Cc1cc(NC(=O)CN(C)[C@H]2CCN(c3ccccc3F)C2=O)no1. The van der Waals surface area contributed by atoms with Gasteiger partial charge in [-0.25, -0.2) is 4.39 Å². The van der Waals surface area contributed by atoms with Gasteiger partial charge in [-0.05, 0) is 32.5 Å². The maximum absolute atomic E-state index is 13.9. The van der Waals surface area contributed by atoms with E-state index < -0.39 is 11.9 Å². The van der Waals surface area contributed by atoms with Crippen molar-refractivity contribution in [1.29, 1.82) is 0 Å². The van der Waals surface area contributed by atoms with Crippen molar-refractivity contribution in [2.24, 2.45) is 0 Å². The van der Waals surface area contributed by atoms with E-state index in [1.165, 1.54) is 11.0 Å². The van der Waals surface area contributed by atoms with Gasteiger partial charge >= 0.3 is 0 Å². The molecule has 7 nitrogen and oxygen atoms in total. The summed E-state index contributed by atoms with van der Waals surface area (Å²) in [7, 11) is 1.70. The number of hydrogen-bond donors (Lipinski definition) is 1. The molecule has 2 amide bonds. The maximum Gasteiger partial charge on any atom is 0.244 e. The molecule has 1 N–H and O–H groups in total. The molecule has 2 aromatic rings. The van der Waals surface area contributed by atoms with Crippen molar-refractivity contribution in [3.8, 4) is 0 Å². The van der Waals surface area contributed by atoms with Gasteiger partial charge in [0.25, 0.3) is 0 Å². The first-order chi connectivity index (χ1) is 12.0. The minimum absolute atomic E-state index is 0.0213. The Balaban J connectivity index is 1.61. The van der Waals surface area contributed by atoms with Gasteiger partial charge < -0.3 is 14.7 Å². The van der Waals surface area contributed by atoms with Crippen LogP contribution < -0.4 is 10.2 Å². The summed E-state index contributed by atoms with van der Waals surface area (Å²) in [5.41, 5.74) is 0.269. The van der Waals surface area contributed by atoms with E-state index in [4.69, 9.17) is 4.52 Å². The number of amides is 2. The molecule has 132 valence electrons. The Morgan fingerprint density at radius 3 is 2.92 bits per heavy atom. The lowest BCUT2D eigenvalue weighted by molar-refractivity contribution is -0.123. The standard InChI is InChI=1S/C17H19FN4O3/c1-11-9-15(20-25-11)19-16(23)10-21(2)14-7-8-22(17(14)24)13-6-4-3-5-12(13)18/h3-6,9,14H,7-8,10H2,1-2H3,(H,19,20,23)/t14-/m0/s1. The third kappa shape index (κ3) is 3.69. The van der Waals surface area contributed by atoms with Gasteiger partial charge in [0.05, 0.1) is 18.3 Å². The molecule has 2 heterocycles. The Labute approximate surface area is 144 Å². The van der Waals surface area contributed by atoms with E-state index in [2.05, 4.69) is 10.5 Å². The van der Waals surface area contributed by atoms with Crippen LogP contribution in [0.25, 0.3) is 0 Å². The van der Waals surface area contributed by atoms with Gasteiger partial charge in [0.2, 0.25) is 11.8 Å². The Kier molecular flexibility index (Phi) is 4.80. The van der Waals surface area contributed by atoms with Crippen LogP contribution >= 0.6 is 0 Å². The number of aromatic nitrogens is 1.